The Morgan fingerprint density at radius 3 is 2.12 bits per heavy atom. The van der Waals surface area contributed by atoms with Crippen LogP contribution in [-0.2, 0) is 34.5 Å². The van der Waals surface area contributed by atoms with Crippen LogP contribution in [0.3, 0.4) is 0 Å². The lowest BCUT2D eigenvalue weighted by Crippen LogP contribution is -2.48. The van der Waals surface area contributed by atoms with Crippen LogP contribution in [0, 0.1) is 10.1 Å². The van der Waals surface area contributed by atoms with Gasteiger partial charge in [-0.25, -0.2) is 12.6 Å². The van der Waals surface area contributed by atoms with Crippen LogP contribution in [0.15, 0.2) is 78.1 Å². The lowest BCUT2D eigenvalue weighted by Gasteiger charge is -2.10. The van der Waals surface area contributed by atoms with Gasteiger partial charge in [0.15, 0.2) is 15.2 Å². The molecule has 0 atom stereocenters. The minimum absolute atomic E-state index is 0.197. The van der Waals surface area contributed by atoms with Crippen molar-refractivity contribution in [3.05, 3.63) is 89.8 Å². The molecule has 0 fully saturated rings. The molecule has 0 aromatic heterocycles. The minimum atomic E-state index is -5.12. The molecule has 3 rings (SSSR count). The Balaban J connectivity index is 1.97. The Hall–Kier alpha value is -4.61. The van der Waals surface area contributed by atoms with Gasteiger partial charge in [-0.05, 0) is 36.4 Å². The molecule has 224 valence electrons. The highest BCUT2D eigenvalue weighted by molar-refractivity contribution is 7.91. The second kappa shape index (κ2) is 12.1. The number of rotatable bonds is 11. The number of nitrogens with one attached hydrogen (secondary N) is 2. The lowest BCUT2D eigenvalue weighted by molar-refractivity contribution is -0.384. The SMILES string of the molecule is O=c1ccc(=NNc2ccc(S(=O)(=O)CCOS(=O)(=O)O)cc2S(=O)(=O)O)c(=O)c1=NNc1ccc([N+](=O)[O-])cc1O. The fourth-order valence-corrected chi connectivity index (χ4v) is 5.32. The van der Waals surface area contributed by atoms with Gasteiger partial charge in [-0.1, -0.05) is 0 Å². The number of nitro benzene ring substituents is 1. The van der Waals surface area contributed by atoms with Crippen molar-refractivity contribution in [2.75, 3.05) is 23.2 Å². The van der Waals surface area contributed by atoms with E-state index in [4.69, 9.17) is 4.55 Å². The van der Waals surface area contributed by atoms with Gasteiger partial charge in [0, 0.05) is 6.07 Å². The Kier molecular flexibility index (Phi) is 9.19. The van der Waals surface area contributed by atoms with E-state index in [1.165, 1.54) is 0 Å². The number of nitro groups is 1. The highest BCUT2D eigenvalue weighted by Crippen LogP contribution is 2.28. The molecule has 0 saturated carbocycles. The second-order valence-corrected chi connectivity index (χ2v) is 12.5. The van der Waals surface area contributed by atoms with Gasteiger partial charge in [0.2, 0.25) is 10.9 Å². The monoisotopic (exact) mass is 647 g/mol. The van der Waals surface area contributed by atoms with Crippen molar-refractivity contribution in [3.8, 4) is 5.75 Å². The highest BCUT2D eigenvalue weighted by Gasteiger charge is 2.23. The topological polar surface area (TPSA) is 298 Å². The van der Waals surface area contributed by atoms with Crippen LogP contribution in [0.25, 0.3) is 0 Å². The summed E-state index contributed by atoms with van der Waals surface area (Å²) in [6.45, 7) is -1.01. The van der Waals surface area contributed by atoms with Gasteiger partial charge < -0.3 is 5.11 Å². The minimum Gasteiger partial charge on any atom is -0.505 e. The van der Waals surface area contributed by atoms with Gasteiger partial charge in [-0.15, -0.1) is 0 Å². The van der Waals surface area contributed by atoms with E-state index in [0.29, 0.717) is 6.07 Å². The molecule has 3 aromatic rings. The number of phenols is 1. The predicted molar refractivity (Wildman–Crippen MR) is 140 cm³/mol. The summed E-state index contributed by atoms with van der Waals surface area (Å²) in [7, 11) is -14.5. The van der Waals surface area contributed by atoms with Gasteiger partial charge in [0.05, 0.1) is 39.6 Å². The summed E-state index contributed by atoms with van der Waals surface area (Å²) in [5.74, 6) is -1.63. The number of sulfone groups is 1. The third-order valence-corrected chi connectivity index (χ3v) is 8.06. The first-order chi connectivity index (χ1) is 19.4. The molecule has 0 bridgehead atoms. The number of anilines is 2. The molecule has 0 radical (unpaired) electrons. The molecule has 0 aliphatic heterocycles. The zero-order valence-electron chi connectivity index (χ0n) is 20.4. The summed E-state index contributed by atoms with van der Waals surface area (Å²) in [6.07, 6.45) is 0. The smallest absolute Gasteiger partial charge is 0.397 e. The van der Waals surface area contributed by atoms with E-state index in [1.807, 2.05) is 0 Å². The molecule has 22 heteroatoms. The summed E-state index contributed by atoms with van der Waals surface area (Å²) >= 11 is 0. The molecule has 0 heterocycles. The third kappa shape index (κ3) is 7.99. The van der Waals surface area contributed by atoms with E-state index in [0.717, 1.165) is 42.5 Å². The number of hydrogen-bond donors (Lipinski definition) is 5. The zero-order chi connectivity index (χ0) is 31.5. The van der Waals surface area contributed by atoms with Gasteiger partial charge in [0.25, 0.3) is 15.8 Å². The Morgan fingerprint density at radius 1 is 0.881 bits per heavy atom. The van der Waals surface area contributed by atoms with Crippen LogP contribution in [-0.4, -0.2) is 56.7 Å². The van der Waals surface area contributed by atoms with Crippen LogP contribution in [0.4, 0.5) is 17.1 Å². The van der Waals surface area contributed by atoms with Gasteiger partial charge in [-0.2, -0.15) is 27.0 Å². The molecule has 5 N–H and O–H groups in total. The van der Waals surface area contributed by atoms with Crippen molar-refractivity contribution < 1.29 is 48.6 Å². The number of aromatic hydroxyl groups is 1. The number of hydrogen-bond acceptors (Lipinski definition) is 16. The maximum atomic E-state index is 12.8. The molecule has 0 spiro atoms. The number of benzene rings is 3. The Labute approximate surface area is 234 Å². The number of non-ortho nitro benzene ring substituents is 1. The quantitative estimate of drug-likeness (QED) is 0.0691. The number of nitrogens with zero attached hydrogens (tertiary/aromatic N) is 3. The van der Waals surface area contributed by atoms with Crippen molar-refractivity contribution >= 4 is 47.4 Å². The first-order valence-corrected chi connectivity index (χ1v) is 15.2. The fourth-order valence-electron chi connectivity index (χ4n) is 3.07. The third-order valence-electron chi connectivity index (χ3n) is 5.03. The van der Waals surface area contributed by atoms with Crippen molar-refractivity contribution in [1.82, 2.24) is 0 Å². The second-order valence-electron chi connectivity index (χ2n) is 7.87. The molecule has 0 saturated heterocycles. The van der Waals surface area contributed by atoms with Crippen LogP contribution in [0.5, 0.6) is 5.75 Å². The van der Waals surface area contributed by atoms with Crippen LogP contribution >= 0.6 is 0 Å². The summed E-state index contributed by atoms with van der Waals surface area (Å²) in [5.41, 5.74) is 1.20. The highest BCUT2D eigenvalue weighted by atomic mass is 32.3. The first kappa shape index (κ1) is 31.9. The average Bonchev–Trinajstić information content (AvgIpc) is 2.87. The summed E-state index contributed by atoms with van der Waals surface area (Å²) in [6, 6.07) is 6.88. The standard InChI is InChI=1S/C20H17N5O14S3/c26-16-6-5-15(20(28)19(16)24-21-13-3-1-11(25(29)30)9-17(13)27)23-22-14-4-2-12(10-18(14)41(33,34)35)40(31,32)8-7-39-42(36,37)38/h1-6,9-10,21-22,27H,7-8H2,(H,33,34,35)(H,36,37,38). The fraction of sp³-hybridized carbons (Fsp3) is 0.100. The Bertz CT molecular complexity index is 2120. The molecule has 0 aliphatic carbocycles. The predicted octanol–water partition coefficient (Wildman–Crippen LogP) is -1.41. The molecule has 19 nitrogen and oxygen atoms in total. The number of phenolic OH excluding ortho intramolecular Hbond substituents is 1. The normalized spacial score (nSPS) is 13.2. The molecule has 0 aliphatic rings. The summed E-state index contributed by atoms with van der Waals surface area (Å²) in [5, 5.41) is 26.7. The summed E-state index contributed by atoms with van der Waals surface area (Å²) < 4.78 is 92.0. The van der Waals surface area contributed by atoms with E-state index in [2.05, 4.69) is 25.2 Å². The van der Waals surface area contributed by atoms with Crippen LogP contribution in [0.1, 0.15) is 0 Å². The van der Waals surface area contributed by atoms with E-state index < -0.39 is 96.1 Å². The maximum Gasteiger partial charge on any atom is 0.397 e. The van der Waals surface area contributed by atoms with E-state index in [1.54, 1.807) is 0 Å². The Morgan fingerprint density at radius 2 is 1.52 bits per heavy atom. The first-order valence-electron chi connectivity index (χ1n) is 10.8. The van der Waals surface area contributed by atoms with Crippen molar-refractivity contribution in [1.29, 1.82) is 0 Å². The van der Waals surface area contributed by atoms with Gasteiger partial charge in [0.1, 0.15) is 16.0 Å². The van der Waals surface area contributed by atoms with E-state index in [9.17, 15) is 54.6 Å². The van der Waals surface area contributed by atoms with Crippen molar-refractivity contribution in [3.63, 3.8) is 0 Å². The maximum absolute atomic E-state index is 12.8. The van der Waals surface area contributed by atoms with Gasteiger partial charge >= 0.3 is 10.4 Å². The van der Waals surface area contributed by atoms with Crippen LogP contribution in [0.2, 0.25) is 0 Å². The molecule has 0 unspecified atom stereocenters. The largest absolute Gasteiger partial charge is 0.505 e. The van der Waals surface area contributed by atoms with E-state index in [-0.39, 0.29) is 5.69 Å². The molecule has 0 amide bonds. The zero-order valence-corrected chi connectivity index (χ0v) is 22.9. The van der Waals surface area contributed by atoms with E-state index >= 15 is 0 Å². The molecular weight excluding hydrogens is 630 g/mol. The molecule has 3 aromatic carbocycles. The van der Waals surface area contributed by atoms with Crippen molar-refractivity contribution in [2.45, 2.75) is 9.79 Å². The summed E-state index contributed by atoms with van der Waals surface area (Å²) in [4.78, 5) is 33.3. The molecule has 42 heavy (non-hydrogen) atoms. The van der Waals surface area contributed by atoms with Crippen LogP contribution < -0.4 is 32.4 Å². The van der Waals surface area contributed by atoms with Crippen molar-refractivity contribution in [2.24, 2.45) is 10.2 Å². The molecular formula is C20H17N5O14S3. The average molecular weight is 648 g/mol. The van der Waals surface area contributed by atoms with Gasteiger partial charge in [-0.3, -0.25) is 39.7 Å². The lowest BCUT2D eigenvalue weighted by atomic mass is 10.2.